The Morgan fingerprint density at radius 3 is 2.62 bits per heavy atom. The first kappa shape index (κ1) is 12.8. The zero-order valence-corrected chi connectivity index (χ0v) is 10.4. The van der Waals surface area contributed by atoms with Crippen molar-refractivity contribution in [2.45, 2.75) is 32.6 Å². The van der Waals surface area contributed by atoms with Gasteiger partial charge in [0.1, 0.15) is 12.5 Å². The van der Waals surface area contributed by atoms with Crippen LogP contribution in [0.5, 0.6) is 0 Å². The molecule has 1 aliphatic heterocycles. The summed E-state index contributed by atoms with van der Waals surface area (Å²) in [5.41, 5.74) is 0. The Bertz CT molecular complexity index is 258. The van der Waals surface area contributed by atoms with E-state index in [1.54, 1.807) is 0 Å². The van der Waals surface area contributed by atoms with Crippen LogP contribution in [0.4, 0.5) is 0 Å². The average molecular weight is 221 g/mol. The molecule has 0 atom stereocenters. The minimum atomic E-state index is 0.824. The molecular formula is C13H23N3. The zero-order valence-electron chi connectivity index (χ0n) is 10.4. The van der Waals surface area contributed by atoms with Gasteiger partial charge in [-0.3, -0.25) is 5.01 Å². The van der Waals surface area contributed by atoms with Crippen LogP contribution in [0, 0.1) is 0 Å². The highest BCUT2D eigenvalue weighted by Crippen LogP contribution is 2.13. The van der Waals surface area contributed by atoms with Gasteiger partial charge in [0, 0.05) is 13.0 Å². The van der Waals surface area contributed by atoms with Crippen LogP contribution in [-0.2, 0) is 0 Å². The molecule has 90 valence electrons. The first-order valence-corrected chi connectivity index (χ1v) is 6.11. The molecule has 0 N–H and O–H groups in total. The highest BCUT2D eigenvalue weighted by molar-refractivity contribution is 5.83. The van der Waals surface area contributed by atoms with Gasteiger partial charge in [0.2, 0.25) is 0 Å². The lowest BCUT2D eigenvalue weighted by molar-refractivity contribution is 0.265. The fourth-order valence-electron chi connectivity index (χ4n) is 1.84. The van der Waals surface area contributed by atoms with E-state index < -0.39 is 0 Å². The average Bonchev–Trinajstić information content (AvgIpc) is 2.63. The first-order chi connectivity index (χ1) is 7.81. The Labute approximate surface area is 99.1 Å². The van der Waals surface area contributed by atoms with Crippen molar-refractivity contribution in [3.63, 3.8) is 0 Å². The van der Waals surface area contributed by atoms with Crippen molar-refractivity contribution in [3.8, 4) is 0 Å². The van der Waals surface area contributed by atoms with Crippen LogP contribution in [0.2, 0.25) is 0 Å². The Kier molecular flexibility index (Phi) is 5.68. The fourth-order valence-corrected chi connectivity index (χ4v) is 1.84. The third kappa shape index (κ3) is 3.72. The van der Waals surface area contributed by atoms with Crippen LogP contribution in [-0.4, -0.2) is 35.5 Å². The molecule has 0 bridgehead atoms. The number of unbranched alkanes of at least 4 members (excludes halogenated alkanes) is 2. The van der Waals surface area contributed by atoms with Crippen LogP contribution in [0.3, 0.4) is 0 Å². The fraction of sp³-hybridized carbons (Fsp3) is 0.615. The maximum absolute atomic E-state index is 4.61. The number of hydrogen-bond acceptors (Lipinski definition) is 3. The molecule has 0 amide bonds. The molecule has 0 unspecified atom stereocenters. The van der Waals surface area contributed by atoms with Gasteiger partial charge in [0.15, 0.2) is 0 Å². The van der Waals surface area contributed by atoms with Gasteiger partial charge in [-0.05, 0) is 6.42 Å². The van der Waals surface area contributed by atoms with Crippen LogP contribution >= 0.6 is 0 Å². The first-order valence-electron chi connectivity index (χ1n) is 6.11. The number of nitrogens with zero attached hydrogens (tertiary/aromatic N) is 3. The van der Waals surface area contributed by atoms with Gasteiger partial charge >= 0.3 is 0 Å². The summed E-state index contributed by atoms with van der Waals surface area (Å²) >= 11 is 0. The summed E-state index contributed by atoms with van der Waals surface area (Å²) < 4.78 is 0. The summed E-state index contributed by atoms with van der Waals surface area (Å²) in [6, 6.07) is 0. The molecule has 3 nitrogen and oxygen atoms in total. The van der Waals surface area contributed by atoms with E-state index in [-0.39, 0.29) is 0 Å². The Balaban J connectivity index is 2.48. The summed E-state index contributed by atoms with van der Waals surface area (Å²) in [6.07, 6.45) is 8.67. The Hall–Kier alpha value is -1.25. The SMILES string of the molecule is C=CCN1CN(CC=C)C(CCCCC)=N1. The molecule has 0 radical (unpaired) electrons. The number of amidine groups is 1. The van der Waals surface area contributed by atoms with Gasteiger partial charge < -0.3 is 4.90 Å². The lowest BCUT2D eigenvalue weighted by Gasteiger charge is -2.18. The lowest BCUT2D eigenvalue weighted by Crippen LogP contribution is -2.31. The van der Waals surface area contributed by atoms with E-state index in [4.69, 9.17) is 0 Å². The minimum absolute atomic E-state index is 0.824. The molecule has 3 heteroatoms. The van der Waals surface area contributed by atoms with Crippen molar-refractivity contribution < 1.29 is 0 Å². The molecule has 0 spiro atoms. The Morgan fingerprint density at radius 2 is 2.00 bits per heavy atom. The summed E-state index contributed by atoms with van der Waals surface area (Å²) in [4.78, 5) is 2.28. The molecular weight excluding hydrogens is 198 g/mol. The molecule has 0 saturated heterocycles. The largest absolute Gasteiger partial charge is 0.336 e. The van der Waals surface area contributed by atoms with Crippen molar-refractivity contribution in [2.75, 3.05) is 19.8 Å². The van der Waals surface area contributed by atoms with Crippen molar-refractivity contribution in [1.82, 2.24) is 9.91 Å². The third-order valence-corrected chi connectivity index (χ3v) is 2.65. The summed E-state index contributed by atoms with van der Waals surface area (Å²) in [6.45, 7) is 12.3. The van der Waals surface area contributed by atoms with Crippen LogP contribution in [0.1, 0.15) is 32.6 Å². The van der Waals surface area contributed by atoms with E-state index in [9.17, 15) is 0 Å². The highest BCUT2D eigenvalue weighted by Gasteiger charge is 2.19. The van der Waals surface area contributed by atoms with Gasteiger partial charge in [-0.15, -0.1) is 13.2 Å². The van der Waals surface area contributed by atoms with Crippen LogP contribution in [0.25, 0.3) is 0 Å². The predicted molar refractivity (Wildman–Crippen MR) is 70.3 cm³/mol. The molecule has 0 fully saturated rings. The van der Waals surface area contributed by atoms with Crippen LogP contribution < -0.4 is 0 Å². The molecule has 0 aromatic rings. The quantitative estimate of drug-likeness (QED) is 0.463. The van der Waals surface area contributed by atoms with Crippen LogP contribution in [0.15, 0.2) is 30.4 Å². The van der Waals surface area contributed by atoms with E-state index >= 15 is 0 Å². The van der Waals surface area contributed by atoms with Crippen molar-refractivity contribution >= 4 is 5.84 Å². The van der Waals surface area contributed by atoms with E-state index in [1.165, 1.54) is 25.1 Å². The predicted octanol–water partition coefficient (Wildman–Crippen LogP) is 2.83. The number of hydrazone groups is 1. The topological polar surface area (TPSA) is 18.8 Å². The molecule has 0 aromatic carbocycles. The molecule has 1 rings (SSSR count). The second kappa shape index (κ2) is 7.09. The van der Waals surface area contributed by atoms with Crippen molar-refractivity contribution in [2.24, 2.45) is 5.10 Å². The molecule has 0 aromatic heterocycles. The molecule has 0 aliphatic carbocycles. The van der Waals surface area contributed by atoms with Crippen molar-refractivity contribution in [3.05, 3.63) is 25.3 Å². The maximum Gasteiger partial charge on any atom is 0.126 e. The van der Waals surface area contributed by atoms with Crippen molar-refractivity contribution in [1.29, 1.82) is 0 Å². The standard InChI is InChI=1S/C13H23N3/c1-4-7-8-9-13-14-16(11-6-3)12-15(13)10-5-2/h5-6H,2-4,7-12H2,1H3. The van der Waals surface area contributed by atoms with Gasteiger partial charge in [-0.2, -0.15) is 5.10 Å². The minimum Gasteiger partial charge on any atom is -0.336 e. The summed E-state index contributed by atoms with van der Waals surface area (Å²) in [5, 5.41) is 6.66. The molecule has 0 saturated carbocycles. The second-order valence-corrected chi connectivity index (χ2v) is 4.10. The normalized spacial score (nSPS) is 15.2. The van der Waals surface area contributed by atoms with E-state index in [0.717, 1.165) is 26.2 Å². The Morgan fingerprint density at radius 1 is 1.25 bits per heavy atom. The van der Waals surface area contributed by atoms with Gasteiger partial charge in [0.25, 0.3) is 0 Å². The summed E-state index contributed by atoms with van der Waals surface area (Å²) in [7, 11) is 0. The number of rotatable bonds is 8. The van der Waals surface area contributed by atoms with E-state index in [2.05, 4.69) is 35.1 Å². The molecule has 1 aliphatic rings. The lowest BCUT2D eigenvalue weighted by atomic mass is 10.2. The molecule has 1 heterocycles. The summed E-state index contributed by atoms with van der Waals surface area (Å²) in [5.74, 6) is 1.20. The maximum atomic E-state index is 4.61. The van der Waals surface area contributed by atoms with Gasteiger partial charge in [-0.1, -0.05) is 31.9 Å². The van der Waals surface area contributed by atoms with E-state index in [1.807, 2.05) is 12.2 Å². The van der Waals surface area contributed by atoms with Gasteiger partial charge in [-0.25, -0.2) is 0 Å². The van der Waals surface area contributed by atoms with E-state index in [0.29, 0.717) is 0 Å². The third-order valence-electron chi connectivity index (χ3n) is 2.65. The second-order valence-electron chi connectivity index (χ2n) is 4.10. The zero-order chi connectivity index (χ0) is 11.8. The van der Waals surface area contributed by atoms with Gasteiger partial charge in [0.05, 0.1) is 6.54 Å². The highest BCUT2D eigenvalue weighted by atomic mass is 15.6. The monoisotopic (exact) mass is 221 g/mol. The molecule has 16 heavy (non-hydrogen) atoms. The smallest absolute Gasteiger partial charge is 0.126 e. The number of hydrogen-bond donors (Lipinski definition) is 0.